The lowest BCUT2D eigenvalue weighted by atomic mass is 10.1. The zero-order valence-electron chi connectivity index (χ0n) is 19.4. The van der Waals surface area contributed by atoms with Gasteiger partial charge in [0.25, 0.3) is 5.91 Å². The molecule has 0 unspecified atom stereocenters. The number of nitrogens with zero attached hydrogens (tertiary/aromatic N) is 1. The van der Waals surface area contributed by atoms with Crippen LogP contribution in [0.4, 0.5) is 5.69 Å². The van der Waals surface area contributed by atoms with Crippen LogP contribution in [0.15, 0.2) is 54.1 Å². The normalized spacial score (nSPS) is 11.1. The topological polar surface area (TPSA) is 71.3 Å². The minimum Gasteiger partial charge on any atom is -0.490 e. The van der Waals surface area contributed by atoms with Crippen LogP contribution in [-0.2, 0) is 11.4 Å². The highest BCUT2D eigenvalue weighted by Gasteiger charge is 2.15. The molecule has 1 amide bonds. The highest BCUT2D eigenvalue weighted by atomic mass is 127. The summed E-state index contributed by atoms with van der Waals surface area (Å²) in [6.45, 7) is 6.52. The number of rotatable bonds is 8. The maximum absolute atomic E-state index is 12.7. The Morgan fingerprint density at radius 1 is 1.06 bits per heavy atom. The lowest BCUT2D eigenvalue weighted by Gasteiger charge is -2.15. The van der Waals surface area contributed by atoms with Crippen molar-refractivity contribution in [3.8, 4) is 17.6 Å². The molecule has 0 bridgehead atoms. The van der Waals surface area contributed by atoms with E-state index in [0.29, 0.717) is 39.4 Å². The van der Waals surface area contributed by atoms with Crippen LogP contribution >= 0.6 is 45.8 Å². The van der Waals surface area contributed by atoms with E-state index in [4.69, 9.17) is 32.7 Å². The van der Waals surface area contributed by atoms with Crippen molar-refractivity contribution >= 4 is 63.5 Å². The summed E-state index contributed by atoms with van der Waals surface area (Å²) in [6.07, 6.45) is 1.53. The van der Waals surface area contributed by atoms with E-state index in [-0.39, 0.29) is 12.2 Å². The molecule has 0 saturated carbocycles. The molecule has 0 radical (unpaired) electrons. The third kappa shape index (κ3) is 7.14. The standard InChI is InChI=1S/C27H23Cl2IN2O3/c1-4-34-25-13-19(10-20(14-31)27(33)32-21-7-5-16(2)17(3)9-21)12-24(30)26(25)35-15-18-6-8-22(28)23(29)11-18/h5-13H,4,15H2,1-3H3,(H,32,33)/b20-10+. The Kier molecular flexibility index (Phi) is 9.44. The third-order valence-electron chi connectivity index (χ3n) is 5.14. The molecule has 3 aromatic rings. The monoisotopic (exact) mass is 620 g/mol. The Balaban J connectivity index is 1.85. The van der Waals surface area contributed by atoms with E-state index in [1.165, 1.54) is 6.08 Å². The van der Waals surface area contributed by atoms with Crippen molar-refractivity contribution in [3.05, 3.63) is 90.0 Å². The molecule has 3 rings (SSSR count). The number of hydrogen-bond acceptors (Lipinski definition) is 4. The van der Waals surface area contributed by atoms with E-state index in [2.05, 4.69) is 27.9 Å². The van der Waals surface area contributed by atoms with Crippen LogP contribution in [0.2, 0.25) is 10.0 Å². The number of halogens is 3. The van der Waals surface area contributed by atoms with Crippen molar-refractivity contribution in [1.82, 2.24) is 0 Å². The first-order valence-corrected chi connectivity index (χ1v) is 12.6. The van der Waals surface area contributed by atoms with Crippen molar-refractivity contribution in [2.75, 3.05) is 11.9 Å². The van der Waals surface area contributed by atoms with Crippen LogP contribution in [0.5, 0.6) is 11.5 Å². The summed E-state index contributed by atoms with van der Waals surface area (Å²) in [5, 5.41) is 13.3. The second-order valence-electron chi connectivity index (χ2n) is 7.72. The summed E-state index contributed by atoms with van der Waals surface area (Å²) >= 11 is 14.2. The molecule has 35 heavy (non-hydrogen) atoms. The molecule has 0 spiro atoms. The number of nitrogens with one attached hydrogen (secondary N) is 1. The van der Waals surface area contributed by atoms with E-state index >= 15 is 0 Å². The first kappa shape index (κ1) is 26.9. The lowest BCUT2D eigenvalue weighted by Crippen LogP contribution is -2.13. The molecule has 0 heterocycles. The van der Waals surface area contributed by atoms with Gasteiger partial charge in [0, 0.05) is 5.69 Å². The average molecular weight is 621 g/mol. The number of anilines is 1. The second kappa shape index (κ2) is 12.3. The molecule has 180 valence electrons. The number of carbonyl (C=O) groups excluding carboxylic acids is 1. The predicted molar refractivity (Wildman–Crippen MR) is 149 cm³/mol. The summed E-state index contributed by atoms with van der Waals surface area (Å²) in [5.74, 6) is 0.593. The number of aryl methyl sites for hydroxylation is 2. The van der Waals surface area contributed by atoms with Crippen LogP contribution in [0, 0.1) is 28.7 Å². The Morgan fingerprint density at radius 3 is 2.49 bits per heavy atom. The van der Waals surface area contributed by atoms with Gasteiger partial charge in [-0.25, -0.2) is 0 Å². The molecule has 5 nitrogen and oxygen atoms in total. The van der Waals surface area contributed by atoms with Gasteiger partial charge in [0.15, 0.2) is 11.5 Å². The number of amides is 1. The molecule has 0 atom stereocenters. The summed E-state index contributed by atoms with van der Waals surface area (Å²) in [4.78, 5) is 12.7. The zero-order valence-corrected chi connectivity index (χ0v) is 23.1. The fourth-order valence-corrected chi connectivity index (χ4v) is 4.29. The van der Waals surface area contributed by atoms with Crippen LogP contribution < -0.4 is 14.8 Å². The molecule has 0 aliphatic carbocycles. The molecule has 0 aromatic heterocycles. The fourth-order valence-electron chi connectivity index (χ4n) is 3.19. The van der Waals surface area contributed by atoms with Crippen molar-refractivity contribution in [2.45, 2.75) is 27.4 Å². The summed E-state index contributed by atoms with van der Waals surface area (Å²) < 4.78 is 12.6. The molecule has 0 saturated heterocycles. The van der Waals surface area contributed by atoms with Crippen LogP contribution in [0.3, 0.4) is 0 Å². The smallest absolute Gasteiger partial charge is 0.266 e. The largest absolute Gasteiger partial charge is 0.490 e. The summed E-state index contributed by atoms with van der Waals surface area (Å²) in [7, 11) is 0. The Bertz CT molecular complexity index is 1330. The molecule has 0 aliphatic heterocycles. The molecule has 0 aliphatic rings. The molecule has 0 fully saturated rings. The Hall–Kier alpha value is -2.73. The highest BCUT2D eigenvalue weighted by molar-refractivity contribution is 14.1. The molecule has 1 N–H and O–H groups in total. The van der Waals surface area contributed by atoms with Gasteiger partial charge in [0.2, 0.25) is 0 Å². The van der Waals surface area contributed by atoms with Crippen molar-refractivity contribution in [2.24, 2.45) is 0 Å². The Labute approximate surface area is 228 Å². The van der Waals surface area contributed by atoms with Crippen molar-refractivity contribution in [3.63, 3.8) is 0 Å². The van der Waals surface area contributed by atoms with Crippen LogP contribution in [0.25, 0.3) is 6.08 Å². The highest BCUT2D eigenvalue weighted by Crippen LogP contribution is 2.36. The first-order valence-electron chi connectivity index (χ1n) is 10.7. The van der Waals surface area contributed by atoms with Gasteiger partial charge in [0.1, 0.15) is 18.2 Å². The summed E-state index contributed by atoms with van der Waals surface area (Å²) in [6, 6.07) is 16.5. The Morgan fingerprint density at radius 2 is 1.83 bits per heavy atom. The maximum Gasteiger partial charge on any atom is 0.266 e. The lowest BCUT2D eigenvalue weighted by molar-refractivity contribution is -0.112. The van der Waals surface area contributed by atoms with Crippen molar-refractivity contribution in [1.29, 1.82) is 5.26 Å². The first-order chi connectivity index (χ1) is 16.7. The van der Waals surface area contributed by atoms with Gasteiger partial charge in [0.05, 0.1) is 20.2 Å². The van der Waals surface area contributed by atoms with Gasteiger partial charge in [-0.2, -0.15) is 5.26 Å². The number of carbonyl (C=O) groups is 1. The minimum atomic E-state index is -0.483. The van der Waals surface area contributed by atoms with Crippen molar-refractivity contribution < 1.29 is 14.3 Å². The van der Waals surface area contributed by atoms with Gasteiger partial charge in [-0.3, -0.25) is 4.79 Å². The van der Waals surface area contributed by atoms with E-state index in [9.17, 15) is 10.1 Å². The van der Waals surface area contributed by atoms with Gasteiger partial charge in [-0.1, -0.05) is 35.3 Å². The zero-order chi connectivity index (χ0) is 25.5. The van der Waals surface area contributed by atoms with Gasteiger partial charge >= 0.3 is 0 Å². The van der Waals surface area contributed by atoms with Crippen LogP contribution in [-0.4, -0.2) is 12.5 Å². The number of ether oxygens (including phenoxy) is 2. The molecule has 8 heteroatoms. The van der Waals surface area contributed by atoms with E-state index in [0.717, 1.165) is 20.3 Å². The minimum absolute atomic E-state index is 0.0223. The fraction of sp³-hybridized carbons (Fsp3) is 0.185. The number of hydrogen-bond donors (Lipinski definition) is 1. The molecular weight excluding hydrogens is 598 g/mol. The molecular formula is C27H23Cl2IN2O3. The average Bonchev–Trinajstić information content (AvgIpc) is 2.81. The SMILES string of the molecule is CCOc1cc(/C=C(\C#N)C(=O)Nc2ccc(C)c(C)c2)cc(I)c1OCc1ccc(Cl)c(Cl)c1. The van der Waals surface area contributed by atoms with E-state index in [1.54, 1.807) is 18.2 Å². The summed E-state index contributed by atoms with van der Waals surface area (Å²) in [5.41, 5.74) is 4.29. The van der Waals surface area contributed by atoms with Gasteiger partial charge in [-0.05, 0) is 108 Å². The number of benzene rings is 3. The van der Waals surface area contributed by atoms with Gasteiger partial charge < -0.3 is 14.8 Å². The predicted octanol–water partition coefficient (Wildman–Crippen LogP) is 7.74. The van der Waals surface area contributed by atoms with E-state index in [1.807, 2.05) is 57.2 Å². The third-order valence-corrected chi connectivity index (χ3v) is 6.68. The maximum atomic E-state index is 12.7. The second-order valence-corrected chi connectivity index (χ2v) is 9.70. The van der Waals surface area contributed by atoms with E-state index < -0.39 is 5.91 Å². The quantitative estimate of drug-likeness (QED) is 0.159. The molecule has 3 aromatic carbocycles. The number of nitriles is 1. The van der Waals surface area contributed by atoms with Gasteiger partial charge in [-0.15, -0.1) is 0 Å². The van der Waals surface area contributed by atoms with Crippen LogP contribution in [0.1, 0.15) is 29.2 Å².